The van der Waals surface area contributed by atoms with E-state index in [1.165, 1.54) is 0 Å². The van der Waals surface area contributed by atoms with Crippen LogP contribution in [-0.4, -0.2) is 5.91 Å². The lowest BCUT2D eigenvalue weighted by Gasteiger charge is -2.09. The highest BCUT2D eigenvalue weighted by molar-refractivity contribution is 5.96. The van der Waals surface area contributed by atoms with Crippen molar-refractivity contribution in [2.75, 3.05) is 5.43 Å². The Morgan fingerprint density at radius 3 is 2.76 bits per heavy atom. The number of nitrogens with two attached hydrogens (primary N) is 1. The molecule has 21 heavy (non-hydrogen) atoms. The van der Waals surface area contributed by atoms with E-state index in [0.717, 1.165) is 16.8 Å². The average Bonchev–Trinajstić information content (AvgIpc) is 2.52. The van der Waals surface area contributed by atoms with Crippen LogP contribution in [-0.2, 0) is 6.54 Å². The monoisotopic (exact) mass is 280 g/mol. The number of nitriles is 1. The highest BCUT2D eigenvalue weighted by Crippen LogP contribution is 2.14. The Bertz CT molecular complexity index is 704. The zero-order chi connectivity index (χ0) is 15.2. The van der Waals surface area contributed by atoms with Crippen molar-refractivity contribution >= 4 is 11.6 Å². The van der Waals surface area contributed by atoms with E-state index in [9.17, 15) is 4.79 Å². The van der Waals surface area contributed by atoms with E-state index in [-0.39, 0.29) is 5.91 Å². The van der Waals surface area contributed by atoms with Crippen molar-refractivity contribution in [2.24, 2.45) is 5.84 Å². The number of carbonyl (C=O) groups excluding carboxylic acids is 1. The Hall–Kier alpha value is -2.84. The van der Waals surface area contributed by atoms with Crippen molar-refractivity contribution in [3.63, 3.8) is 0 Å². The molecule has 0 fully saturated rings. The van der Waals surface area contributed by atoms with E-state index in [4.69, 9.17) is 11.1 Å². The van der Waals surface area contributed by atoms with Gasteiger partial charge in [0.15, 0.2) is 0 Å². The van der Waals surface area contributed by atoms with Crippen LogP contribution in [0.25, 0.3) is 0 Å². The number of nitrogen functional groups attached to an aromatic ring is 1. The van der Waals surface area contributed by atoms with Crippen molar-refractivity contribution in [1.82, 2.24) is 5.32 Å². The maximum absolute atomic E-state index is 12.2. The smallest absolute Gasteiger partial charge is 0.251 e. The molecule has 0 aliphatic carbocycles. The molecule has 106 valence electrons. The van der Waals surface area contributed by atoms with Gasteiger partial charge >= 0.3 is 0 Å². The third-order valence-electron chi connectivity index (χ3n) is 3.15. The summed E-state index contributed by atoms with van der Waals surface area (Å²) < 4.78 is 0. The van der Waals surface area contributed by atoms with Crippen LogP contribution in [0.2, 0.25) is 0 Å². The number of amides is 1. The summed E-state index contributed by atoms with van der Waals surface area (Å²) >= 11 is 0. The molecule has 0 saturated heterocycles. The van der Waals surface area contributed by atoms with E-state index < -0.39 is 0 Å². The number of anilines is 1. The summed E-state index contributed by atoms with van der Waals surface area (Å²) in [5.74, 6) is 5.18. The van der Waals surface area contributed by atoms with Gasteiger partial charge < -0.3 is 10.7 Å². The molecule has 1 amide bonds. The first-order valence-electron chi connectivity index (χ1n) is 6.48. The van der Waals surface area contributed by atoms with Crippen LogP contribution < -0.4 is 16.6 Å². The maximum atomic E-state index is 12.2. The molecule has 0 unspecified atom stereocenters. The van der Waals surface area contributed by atoms with Gasteiger partial charge in [0.05, 0.1) is 11.6 Å². The number of aryl methyl sites for hydroxylation is 1. The number of carbonyl (C=O) groups is 1. The second kappa shape index (κ2) is 6.55. The summed E-state index contributed by atoms with van der Waals surface area (Å²) in [7, 11) is 0. The van der Waals surface area contributed by atoms with Gasteiger partial charge in [-0.3, -0.25) is 10.6 Å². The number of hydrazine groups is 1. The molecule has 0 atom stereocenters. The van der Waals surface area contributed by atoms with Crippen molar-refractivity contribution in [3.05, 3.63) is 64.7 Å². The third kappa shape index (κ3) is 3.59. The molecule has 2 rings (SSSR count). The first-order chi connectivity index (χ1) is 10.1. The fourth-order valence-corrected chi connectivity index (χ4v) is 2.04. The summed E-state index contributed by atoms with van der Waals surface area (Å²) in [5.41, 5.74) is 6.21. The van der Waals surface area contributed by atoms with Crippen molar-refractivity contribution in [1.29, 1.82) is 5.26 Å². The molecule has 2 aromatic carbocycles. The van der Waals surface area contributed by atoms with E-state index >= 15 is 0 Å². The molecule has 0 aliphatic heterocycles. The molecule has 0 saturated carbocycles. The van der Waals surface area contributed by atoms with Gasteiger partial charge in [-0.05, 0) is 48.4 Å². The zero-order valence-electron chi connectivity index (χ0n) is 11.7. The van der Waals surface area contributed by atoms with Gasteiger partial charge in [0.25, 0.3) is 5.91 Å². The minimum Gasteiger partial charge on any atom is -0.348 e. The Kier molecular flexibility index (Phi) is 4.54. The quantitative estimate of drug-likeness (QED) is 0.590. The molecular weight excluding hydrogens is 264 g/mol. The fourth-order valence-electron chi connectivity index (χ4n) is 2.04. The number of hydrogen-bond acceptors (Lipinski definition) is 4. The largest absolute Gasteiger partial charge is 0.348 e. The molecule has 0 bridgehead atoms. The van der Waals surface area contributed by atoms with Gasteiger partial charge in [0.2, 0.25) is 0 Å². The number of nitrogens with one attached hydrogen (secondary N) is 2. The van der Waals surface area contributed by atoms with Gasteiger partial charge in [0.1, 0.15) is 0 Å². The van der Waals surface area contributed by atoms with Crippen LogP contribution in [0.4, 0.5) is 5.69 Å². The second-order valence-corrected chi connectivity index (χ2v) is 4.67. The van der Waals surface area contributed by atoms with Crippen molar-refractivity contribution < 1.29 is 4.79 Å². The molecule has 4 N–H and O–H groups in total. The predicted octanol–water partition coefficient (Wildman–Crippen LogP) is 2.08. The second-order valence-electron chi connectivity index (χ2n) is 4.67. The molecule has 5 nitrogen and oxygen atoms in total. The van der Waals surface area contributed by atoms with Gasteiger partial charge in [-0.15, -0.1) is 0 Å². The van der Waals surface area contributed by atoms with Gasteiger partial charge in [-0.2, -0.15) is 5.26 Å². The predicted molar refractivity (Wildman–Crippen MR) is 81.3 cm³/mol. The fraction of sp³-hybridized carbons (Fsp3) is 0.125. The van der Waals surface area contributed by atoms with Crippen LogP contribution in [0.1, 0.15) is 27.0 Å². The normalized spacial score (nSPS) is 9.76. The molecule has 0 heterocycles. The first kappa shape index (κ1) is 14.6. The van der Waals surface area contributed by atoms with Gasteiger partial charge in [-0.25, -0.2) is 0 Å². The van der Waals surface area contributed by atoms with Crippen LogP contribution in [0.15, 0.2) is 42.5 Å². The summed E-state index contributed by atoms with van der Waals surface area (Å²) in [4.78, 5) is 12.2. The molecule has 5 heteroatoms. The molecular formula is C16H16N4O. The van der Waals surface area contributed by atoms with Crippen molar-refractivity contribution in [2.45, 2.75) is 13.5 Å². The Morgan fingerprint density at radius 2 is 2.10 bits per heavy atom. The third-order valence-corrected chi connectivity index (χ3v) is 3.15. The van der Waals surface area contributed by atoms with Crippen LogP contribution in [0.5, 0.6) is 0 Å². The lowest BCUT2D eigenvalue weighted by atomic mass is 10.1. The summed E-state index contributed by atoms with van der Waals surface area (Å²) in [6.07, 6.45) is 0. The highest BCUT2D eigenvalue weighted by atomic mass is 16.1. The lowest BCUT2D eigenvalue weighted by molar-refractivity contribution is 0.0950. The van der Waals surface area contributed by atoms with E-state index in [0.29, 0.717) is 17.7 Å². The van der Waals surface area contributed by atoms with Crippen LogP contribution >= 0.6 is 0 Å². The average molecular weight is 280 g/mol. The summed E-state index contributed by atoms with van der Waals surface area (Å²) in [6.45, 7) is 2.23. The topological polar surface area (TPSA) is 90.9 Å². The van der Waals surface area contributed by atoms with E-state index in [2.05, 4.69) is 16.8 Å². The lowest BCUT2D eigenvalue weighted by Crippen LogP contribution is -2.23. The number of hydrogen-bond donors (Lipinski definition) is 3. The van der Waals surface area contributed by atoms with Gasteiger partial charge in [0, 0.05) is 17.8 Å². The maximum Gasteiger partial charge on any atom is 0.251 e. The molecule has 2 aromatic rings. The summed E-state index contributed by atoms with van der Waals surface area (Å²) in [5, 5.41) is 11.7. The van der Waals surface area contributed by atoms with E-state index in [1.54, 1.807) is 30.3 Å². The number of nitrogens with zero attached hydrogens (tertiary/aromatic N) is 1. The van der Waals surface area contributed by atoms with Crippen LogP contribution in [0.3, 0.4) is 0 Å². The van der Waals surface area contributed by atoms with Crippen molar-refractivity contribution in [3.8, 4) is 6.07 Å². The Labute approximate surface area is 123 Å². The molecule has 0 radical (unpaired) electrons. The standard InChI is InChI=1S/C16H16N4O/c1-11-7-14(20-18)5-6-15(11)16(21)19-10-13-4-2-3-12(8-13)9-17/h2-8,20H,10,18H2,1H3,(H,19,21). The number of benzene rings is 2. The zero-order valence-corrected chi connectivity index (χ0v) is 11.7. The summed E-state index contributed by atoms with van der Waals surface area (Å²) in [6, 6.07) is 14.5. The molecule has 0 aromatic heterocycles. The first-order valence-corrected chi connectivity index (χ1v) is 6.48. The highest BCUT2D eigenvalue weighted by Gasteiger charge is 2.09. The SMILES string of the molecule is Cc1cc(NN)ccc1C(=O)NCc1cccc(C#N)c1. The van der Waals surface area contributed by atoms with Crippen LogP contribution in [0, 0.1) is 18.3 Å². The Morgan fingerprint density at radius 1 is 1.29 bits per heavy atom. The minimum atomic E-state index is -0.154. The van der Waals surface area contributed by atoms with Gasteiger partial charge in [-0.1, -0.05) is 12.1 Å². The minimum absolute atomic E-state index is 0.154. The van der Waals surface area contributed by atoms with E-state index in [1.807, 2.05) is 19.1 Å². The Balaban J connectivity index is 2.06. The number of rotatable bonds is 4. The molecule has 0 spiro atoms. The molecule has 0 aliphatic rings.